The third-order valence-electron chi connectivity index (χ3n) is 3.36. The van der Waals surface area contributed by atoms with Gasteiger partial charge in [0.25, 0.3) is 20.0 Å². The summed E-state index contributed by atoms with van der Waals surface area (Å²) in [5.41, 5.74) is 7.04. The Morgan fingerprint density at radius 2 is 0.968 bits per heavy atom. The van der Waals surface area contributed by atoms with Gasteiger partial charge in [0.15, 0.2) is 0 Å². The Labute approximate surface area is 176 Å². The molecule has 0 radical (unpaired) electrons. The van der Waals surface area contributed by atoms with Gasteiger partial charge in [-0.15, -0.1) is 9.66 Å². The number of urea groups is 2. The SMILES string of the molecule is NNC(=O)NNS(=O)(=O)c1ccc(Oc2ccc(S(=O)(=O)NNC(=O)NN)cc2)cc1. The third-order valence-corrected chi connectivity index (χ3v) is 5.89. The first kappa shape index (κ1) is 23.8. The quantitative estimate of drug-likeness (QED) is 0.122. The van der Waals surface area contributed by atoms with E-state index in [2.05, 4.69) is 0 Å². The highest BCUT2D eigenvalue weighted by Gasteiger charge is 2.16. The molecule has 17 heteroatoms. The van der Waals surface area contributed by atoms with Gasteiger partial charge in [-0.2, -0.15) is 0 Å². The Morgan fingerprint density at radius 3 is 1.26 bits per heavy atom. The summed E-state index contributed by atoms with van der Waals surface area (Å²) in [6, 6.07) is 8.35. The van der Waals surface area contributed by atoms with Crippen molar-refractivity contribution in [2.45, 2.75) is 9.79 Å². The number of sulfonamides is 2. The molecule has 15 nitrogen and oxygen atoms in total. The fourth-order valence-electron chi connectivity index (χ4n) is 1.93. The van der Waals surface area contributed by atoms with Crippen molar-refractivity contribution in [1.82, 2.24) is 31.4 Å². The van der Waals surface area contributed by atoms with Crippen LogP contribution in [0.5, 0.6) is 11.5 Å². The van der Waals surface area contributed by atoms with Crippen molar-refractivity contribution in [1.29, 1.82) is 0 Å². The molecule has 0 spiro atoms. The van der Waals surface area contributed by atoms with E-state index in [-0.39, 0.29) is 21.3 Å². The first-order chi connectivity index (χ1) is 14.6. The minimum Gasteiger partial charge on any atom is -0.457 e. The second-order valence-corrected chi connectivity index (χ2v) is 8.82. The Bertz CT molecular complexity index is 1040. The largest absolute Gasteiger partial charge is 0.457 e. The van der Waals surface area contributed by atoms with Crippen LogP contribution in [0.3, 0.4) is 0 Å². The molecule has 168 valence electrons. The Kier molecular flexibility index (Phi) is 7.69. The zero-order chi connectivity index (χ0) is 23.1. The molecule has 31 heavy (non-hydrogen) atoms. The fourth-order valence-corrected chi connectivity index (χ4v) is 3.61. The van der Waals surface area contributed by atoms with E-state index in [9.17, 15) is 26.4 Å². The number of carbonyl (C=O) groups is 2. The molecule has 0 aliphatic carbocycles. The normalized spacial score (nSPS) is 11.3. The molecule has 0 saturated carbocycles. The standard InChI is InChI=1S/C14H18N8O7S2/c15-17-13(23)19-21-30(25,26)11-5-1-9(2-6-11)29-10-3-7-12(8-4-10)31(27,28)22-20-14(24)18-16/h1-8,21-22H,15-16H2,(H2,17,19,23)(H2,18,20,24). The topological polar surface area (TPSA) is 236 Å². The van der Waals surface area contributed by atoms with Crippen molar-refractivity contribution in [2.24, 2.45) is 11.7 Å². The molecule has 0 aliphatic rings. The molecule has 0 saturated heterocycles. The molecule has 4 amide bonds. The Balaban J connectivity index is 2.04. The molecular weight excluding hydrogens is 456 g/mol. The predicted octanol–water partition coefficient (Wildman–Crippen LogP) is -1.79. The second-order valence-electron chi connectivity index (χ2n) is 5.45. The minimum atomic E-state index is -4.04. The van der Waals surface area contributed by atoms with Crippen LogP contribution in [0.4, 0.5) is 9.59 Å². The lowest BCUT2D eigenvalue weighted by Crippen LogP contribution is -2.48. The minimum absolute atomic E-state index is 0.168. The van der Waals surface area contributed by atoms with Crippen molar-refractivity contribution in [2.75, 3.05) is 0 Å². The predicted molar refractivity (Wildman–Crippen MR) is 105 cm³/mol. The number of hydrogen-bond acceptors (Lipinski definition) is 9. The number of ether oxygens (including phenoxy) is 1. The van der Waals surface area contributed by atoms with Gasteiger partial charge in [0.1, 0.15) is 11.5 Å². The lowest BCUT2D eigenvalue weighted by molar-refractivity contribution is 0.239. The number of benzene rings is 2. The molecule has 0 aliphatic heterocycles. The second kappa shape index (κ2) is 10.0. The van der Waals surface area contributed by atoms with Gasteiger partial charge in [-0.25, -0.2) is 38.1 Å². The molecule has 2 rings (SSSR count). The van der Waals surface area contributed by atoms with Gasteiger partial charge in [-0.1, -0.05) is 0 Å². The average Bonchev–Trinajstić information content (AvgIpc) is 2.76. The van der Waals surface area contributed by atoms with Gasteiger partial charge in [-0.3, -0.25) is 21.7 Å². The fraction of sp³-hybridized carbons (Fsp3) is 0. The average molecular weight is 474 g/mol. The van der Waals surface area contributed by atoms with Crippen LogP contribution in [0.25, 0.3) is 0 Å². The zero-order valence-electron chi connectivity index (χ0n) is 15.4. The first-order valence-corrected chi connectivity index (χ1v) is 11.0. The summed E-state index contributed by atoms with van der Waals surface area (Å²) >= 11 is 0. The summed E-state index contributed by atoms with van der Waals surface area (Å²) in [5.74, 6) is 10.2. The summed E-state index contributed by atoms with van der Waals surface area (Å²) in [4.78, 5) is 25.2. The third kappa shape index (κ3) is 6.77. The maximum Gasteiger partial charge on any atom is 0.344 e. The number of hydrogen-bond donors (Lipinski definition) is 8. The van der Waals surface area contributed by atoms with E-state index in [1.165, 1.54) is 48.5 Å². The molecule has 0 fully saturated rings. The van der Waals surface area contributed by atoms with Crippen LogP contribution < -0.4 is 47.8 Å². The monoisotopic (exact) mass is 474 g/mol. The number of nitrogens with one attached hydrogen (secondary N) is 6. The maximum absolute atomic E-state index is 12.0. The highest BCUT2D eigenvalue weighted by Crippen LogP contribution is 2.24. The van der Waals surface area contributed by atoms with Gasteiger partial charge in [0.2, 0.25) is 0 Å². The van der Waals surface area contributed by atoms with Crippen molar-refractivity contribution in [3.05, 3.63) is 48.5 Å². The molecule has 0 aromatic heterocycles. The summed E-state index contributed by atoms with van der Waals surface area (Å²) in [6.07, 6.45) is 0. The van der Waals surface area contributed by atoms with E-state index >= 15 is 0 Å². The van der Waals surface area contributed by atoms with Crippen molar-refractivity contribution in [3.63, 3.8) is 0 Å². The smallest absolute Gasteiger partial charge is 0.344 e. The number of rotatable bonds is 8. The summed E-state index contributed by atoms with van der Waals surface area (Å²) in [5, 5.41) is 0. The molecule has 0 heterocycles. The van der Waals surface area contributed by atoms with Crippen LogP contribution in [-0.4, -0.2) is 28.9 Å². The molecule has 2 aromatic rings. The number of carbonyl (C=O) groups excluding carboxylic acids is 2. The van der Waals surface area contributed by atoms with Crippen LogP contribution in [0.1, 0.15) is 0 Å². The highest BCUT2D eigenvalue weighted by atomic mass is 32.2. The molecule has 0 atom stereocenters. The Morgan fingerprint density at radius 1 is 0.645 bits per heavy atom. The number of nitrogens with two attached hydrogens (primary N) is 2. The van der Waals surface area contributed by atoms with Crippen LogP contribution in [0.15, 0.2) is 58.3 Å². The van der Waals surface area contributed by atoms with Crippen LogP contribution >= 0.6 is 0 Å². The molecule has 2 aromatic carbocycles. The lowest BCUT2D eigenvalue weighted by Gasteiger charge is -2.10. The van der Waals surface area contributed by atoms with Gasteiger partial charge in [-0.05, 0) is 48.5 Å². The molecule has 0 unspecified atom stereocenters. The molecular formula is C14H18N8O7S2. The van der Waals surface area contributed by atoms with Crippen molar-refractivity contribution < 1.29 is 31.2 Å². The highest BCUT2D eigenvalue weighted by molar-refractivity contribution is 7.89. The van der Waals surface area contributed by atoms with E-state index in [1.54, 1.807) is 10.9 Å². The number of amides is 4. The zero-order valence-corrected chi connectivity index (χ0v) is 17.1. The van der Waals surface area contributed by atoms with E-state index in [1.807, 2.05) is 20.5 Å². The van der Waals surface area contributed by atoms with Crippen LogP contribution in [-0.2, 0) is 20.0 Å². The van der Waals surface area contributed by atoms with Crippen LogP contribution in [0, 0.1) is 0 Å². The van der Waals surface area contributed by atoms with Gasteiger partial charge in [0.05, 0.1) is 9.79 Å². The van der Waals surface area contributed by atoms with E-state index in [4.69, 9.17) is 16.4 Å². The molecule has 10 N–H and O–H groups in total. The van der Waals surface area contributed by atoms with Gasteiger partial charge >= 0.3 is 12.1 Å². The molecule has 0 bridgehead atoms. The lowest BCUT2D eigenvalue weighted by atomic mass is 10.3. The van der Waals surface area contributed by atoms with Gasteiger partial charge < -0.3 is 4.74 Å². The Hall–Kier alpha value is -3.48. The van der Waals surface area contributed by atoms with E-state index in [0.29, 0.717) is 0 Å². The first-order valence-electron chi connectivity index (χ1n) is 8.02. The number of hydrazine groups is 4. The summed E-state index contributed by atoms with van der Waals surface area (Å²) in [6.45, 7) is 0. The summed E-state index contributed by atoms with van der Waals surface area (Å²) < 4.78 is 53.7. The van der Waals surface area contributed by atoms with E-state index < -0.39 is 32.1 Å². The van der Waals surface area contributed by atoms with Crippen molar-refractivity contribution >= 4 is 32.1 Å². The van der Waals surface area contributed by atoms with E-state index in [0.717, 1.165) is 0 Å². The maximum atomic E-state index is 12.0. The summed E-state index contributed by atoms with van der Waals surface area (Å²) in [7, 11) is -8.08. The van der Waals surface area contributed by atoms with Crippen LogP contribution in [0.2, 0.25) is 0 Å². The van der Waals surface area contributed by atoms with Crippen molar-refractivity contribution in [3.8, 4) is 11.5 Å². The van der Waals surface area contributed by atoms with Gasteiger partial charge in [0, 0.05) is 0 Å².